The molecule has 0 spiro atoms. The molecule has 0 amide bonds. The Morgan fingerprint density at radius 2 is 2.17 bits per heavy atom. The van der Waals surface area contributed by atoms with Crippen LogP contribution in [0.4, 0.5) is 5.82 Å². The van der Waals surface area contributed by atoms with Crippen LogP contribution in [0.15, 0.2) is 18.2 Å². The van der Waals surface area contributed by atoms with Gasteiger partial charge in [0.25, 0.3) is 0 Å². The normalized spacial score (nSPS) is 9.75. The molecule has 3 nitrogen and oxygen atoms in total. The van der Waals surface area contributed by atoms with Gasteiger partial charge in [-0.1, -0.05) is 6.07 Å². The fourth-order valence-electron chi connectivity index (χ4n) is 1.03. The summed E-state index contributed by atoms with van der Waals surface area (Å²) in [6.07, 6.45) is 0. The molecule has 0 aliphatic rings. The van der Waals surface area contributed by atoms with Crippen molar-refractivity contribution < 1.29 is 0 Å². The summed E-state index contributed by atoms with van der Waals surface area (Å²) >= 11 is 2.24. The zero-order valence-corrected chi connectivity index (χ0v) is 9.02. The molecule has 0 saturated carbocycles. The summed E-state index contributed by atoms with van der Waals surface area (Å²) in [6.45, 7) is 0. The third-order valence-corrected chi connectivity index (χ3v) is 2.48. The first-order chi connectivity index (χ1) is 5.29. The third kappa shape index (κ3) is 1.36. The Balaban J connectivity index is 0.000000720. The molecule has 0 atom stereocenters. The zero-order chi connectivity index (χ0) is 7.84. The number of aromatic nitrogens is 2. The van der Waals surface area contributed by atoms with Gasteiger partial charge in [0.15, 0.2) is 5.82 Å². The summed E-state index contributed by atoms with van der Waals surface area (Å²) in [5.74, 6) is 0.568. The average Bonchev–Trinajstić information content (AvgIpc) is 2.35. The minimum Gasteiger partial charge on any atom is -0.382 e. The number of H-pyrrole nitrogens is 1. The molecule has 0 radical (unpaired) electrons. The van der Waals surface area contributed by atoms with E-state index in [0.29, 0.717) is 5.82 Å². The van der Waals surface area contributed by atoms with Crippen LogP contribution in [0, 0.1) is 3.57 Å². The predicted octanol–water partition coefficient (Wildman–Crippen LogP) is 2.17. The number of nitrogens with zero attached hydrogens (tertiary/aromatic N) is 1. The monoisotopic (exact) mass is 295 g/mol. The second-order valence-electron chi connectivity index (χ2n) is 2.27. The van der Waals surface area contributed by atoms with Crippen LogP contribution in [0.3, 0.4) is 0 Å². The number of hydrogen-bond acceptors (Lipinski definition) is 2. The fraction of sp³-hybridized carbons (Fsp3) is 0. The molecule has 0 aliphatic carbocycles. The van der Waals surface area contributed by atoms with Gasteiger partial charge in [0.05, 0.1) is 5.52 Å². The van der Waals surface area contributed by atoms with Gasteiger partial charge < -0.3 is 5.73 Å². The Labute approximate surface area is 89.3 Å². The molecule has 0 bridgehead atoms. The summed E-state index contributed by atoms with van der Waals surface area (Å²) in [5, 5.41) is 7.78. The Bertz CT molecular complexity index is 398. The van der Waals surface area contributed by atoms with Gasteiger partial charge in [0.2, 0.25) is 0 Å². The highest BCUT2D eigenvalue weighted by Gasteiger charge is 2.02. The Morgan fingerprint density at radius 1 is 1.42 bits per heavy atom. The molecule has 2 aromatic rings. The Hall–Kier alpha value is -0.490. The second kappa shape index (κ2) is 3.49. The van der Waals surface area contributed by atoms with E-state index in [9.17, 15) is 0 Å². The maximum Gasteiger partial charge on any atom is 0.153 e. The number of hydrogen-bond donors (Lipinski definition) is 2. The van der Waals surface area contributed by atoms with Gasteiger partial charge in [-0.25, -0.2) is 0 Å². The molecule has 5 heteroatoms. The number of rotatable bonds is 0. The van der Waals surface area contributed by atoms with E-state index in [1.54, 1.807) is 0 Å². The predicted molar refractivity (Wildman–Crippen MR) is 60.5 cm³/mol. The number of benzene rings is 1. The van der Waals surface area contributed by atoms with E-state index in [1.165, 1.54) is 0 Å². The highest BCUT2D eigenvalue weighted by atomic mass is 127. The van der Waals surface area contributed by atoms with Gasteiger partial charge >= 0.3 is 0 Å². The first-order valence-corrected chi connectivity index (χ1v) is 4.25. The van der Waals surface area contributed by atoms with Crippen LogP contribution in [0.25, 0.3) is 10.9 Å². The molecule has 64 valence electrons. The van der Waals surface area contributed by atoms with Crippen LogP contribution in [-0.2, 0) is 0 Å². The van der Waals surface area contributed by atoms with Gasteiger partial charge in [-0.05, 0) is 34.7 Å². The summed E-state index contributed by atoms with van der Waals surface area (Å²) in [6, 6.07) is 5.94. The number of aromatic amines is 1. The molecule has 3 N–H and O–H groups in total. The lowest BCUT2D eigenvalue weighted by atomic mass is 10.2. The van der Waals surface area contributed by atoms with Gasteiger partial charge in [-0.15, -0.1) is 12.4 Å². The SMILES string of the molecule is Cl.Nc1n[nH]c2c(I)cccc12. The molecule has 0 fully saturated rings. The number of nitrogen functional groups attached to an aromatic ring is 1. The largest absolute Gasteiger partial charge is 0.382 e. The molecule has 2 rings (SSSR count). The van der Waals surface area contributed by atoms with Gasteiger partial charge in [-0.3, -0.25) is 5.10 Å². The summed E-state index contributed by atoms with van der Waals surface area (Å²) < 4.78 is 1.14. The Morgan fingerprint density at radius 3 is 2.83 bits per heavy atom. The third-order valence-electron chi connectivity index (χ3n) is 1.58. The first-order valence-electron chi connectivity index (χ1n) is 3.17. The van der Waals surface area contributed by atoms with Crippen LogP contribution in [0.2, 0.25) is 0 Å². The maximum absolute atomic E-state index is 5.60. The number of fused-ring (bicyclic) bond motifs is 1. The molecule has 0 saturated heterocycles. The van der Waals surface area contributed by atoms with E-state index < -0.39 is 0 Å². The van der Waals surface area contributed by atoms with E-state index in [-0.39, 0.29) is 12.4 Å². The molecule has 0 unspecified atom stereocenters. The first kappa shape index (κ1) is 9.60. The smallest absolute Gasteiger partial charge is 0.153 e. The lowest BCUT2D eigenvalue weighted by Gasteiger charge is -1.90. The number of anilines is 1. The summed E-state index contributed by atoms with van der Waals surface area (Å²) in [7, 11) is 0. The van der Waals surface area contributed by atoms with Crippen LogP contribution >= 0.6 is 35.0 Å². The van der Waals surface area contributed by atoms with Gasteiger partial charge in [0, 0.05) is 8.96 Å². The van der Waals surface area contributed by atoms with Crippen molar-refractivity contribution in [2.45, 2.75) is 0 Å². The van der Waals surface area contributed by atoms with Crippen molar-refractivity contribution >= 4 is 51.7 Å². The molecular formula is C7H7ClIN3. The molecule has 1 heterocycles. The average molecular weight is 296 g/mol. The van der Waals surface area contributed by atoms with Crippen LogP contribution in [-0.4, -0.2) is 10.2 Å². The van der Waals surface area contributed by atoms with Crippen LogP contribution in [0.5, 0.6) is 0 Å². The van der Waals surface area contributed by atoms with Crippen molar-refractivity contribution in [2.24, 2.45) is 0 Å². The van der Waals surface area contributed by atoms with Crippen LogP contribution < -0.4 is 5.73 Å². The molecular weight excluding hydrogens is 288 g/mol. The minimum atomic E-state index is 0. The topological polar surface area (TPSA) is 54.7 Å². The van der Waals surface area contributed by atoms with Crippen molar-refractivity contribution in [2.75, 3.05) is 5.73 Å². The minimum absolute atomic E-state index is 0. The van der Waals surface area contributed by atoms with Gasteiger partial charge in [-0.2, -0.15) is 5.10 Å². The van der Waals surface area contributed by atoms with Crippen molar-refractivity contribution in [3.63, 3.8) is 0 Å². The highest BCUT2D eigenvalue weighted by molar-refractivity contribution is 14.1. The number of halogens is 2. The van der Waals surface area contributed by atoms with Crippen molar-refractivity contribution in [1.82, 2.24) is 10.2 Å². The standard InChI is InChI=1S/C7H6IN3.ClH/c8-5-3-1-2-4-6(5)10-11-7(4)9;/h1-3H,(H3,9,10,11);1H. The number of nitrogens with one attached hydrogen (secondary N) is 1. The highest BCUT2D eigenvalue weighted by Crippen LogP contribution is 2.21. The molecule has 1 aromatic carbocycles. The molecule has 1 aromatic heterocycles. The van der Waals surface area contributed by atoms with E-state index in [2.05, 4.69) is 32.8 Å². The van der Waals surface area contributed by atoms with E-state index in [4.69, 9.17) is 5.73 Å². The quantitative estimate of drug-likeness (QED) is 0.732. The summed E-state index contributed by atoms with van der Waals surface area (Å²) in [4.78, 5) is 0. The van der Waals surface area contributed by atoms with Crippen molar-refractivity contribution in [3.8, 4) is 0 Å². The molecule has 0 aliphatic heterocycles. The van der Waals surface area contributed by atoms with E-state index >= 15 is 0 Å². The second-order valence-corrected chi connectivity index (χ2v) is 3.43. The Kier molecular flexibility index (Phi) is 2.79. The van der Waals surface area contributed by atoms with Crippen molar-refractivity contribution in [3.05, 3.63) is 21.8 Å². The van der Waals surface area contributed by atoms with Crippen molar-refractivity contribution in [1.29, 1.82) is 0 Å². The zero-order valence-electron chi connectivity index (χ0n) is 6.04. The number of nitrogens with two attached hydrogens (primary N) is 1. The summed E-state index contributed by atoms with van der Waals surface area (Å²) in [5.41, 5.74) is 6.62. The maximum atomic E-state index is 5.60. The number of para-hydroxylation sites is 1. The fourth-order valence-corrected chi connectivity index (χ4v) is 1.65. The van der Waals surface area contributed by atoms with E-state index in [0.717, 1.165) is 14.5 Å². The lowest BCUT2D eigenvalue weighted by molar-refractivity contribution is 1.12. The van der Waals surface area contributed by atoms with Crippen LogP contribution in [0.1, 0.15) is 0 Å². The van der Waals surface area contributed by atoms with E-state index in [1.807, 2.05) is 18.2 Å². The lowest BCUT2D eigenvalue weighted by Crippen LogP contribution is -1.83. The van der Waals surface area contributed by atoms with Gasteiger partial charge in [0.1, 0.15) is 0 Å². The molecule has 12 heavy (non-hydrogen) atoms.